The number of ether oxygens (including phenoxy) is 1. The molecule has 1 aliphatic heterocycles. The molecule has 0 aromatic heterocycles. The monoisotopic (exact) mass is 415 g/mol. The minimum atomic E-state index is -3.72. The Balaban J connectivity index is 3.21. The molecule has 160 valence electrons. The number of alkyl carbamates (subject to hydrolysis) is 1. The molecule has 2 amide bonds. The number of likely N-dealkylation sites (tertiary alicyclic amines) is 1. The number of nitrogens with one attached hydrogen (secondary N) is 1. The number of carbonyl (C=O) groups is 2. The van der Waals surface area contributed by atoms with E-state index in [9.17, 15) is 23.3 Å². The van der Waals surface area contributed by atoms with Gasteiger partial charge in [-0.3, -0.25) is 4.79 Å². The van der Waals surface area contributed by atoms with Gasteiger partial charge < -0.3 is 15.0 Å². The van der Waals surface area contributed by atoms with E-state index in [1.165, 1.54) is 25.7 Å². The van der Waals surface area contributed by atoms with Crippen molar-refractivity contribution in [3.63, 3.8) is 0 Å². The predicted molar refractivity (Wildman–Crippen MR) is 106 cm³/mol. The standard InChI is InChI=1S/C19H33N3O5S/c1-12-9-14(10-20)22(13(12)2)16(23)15(11-28(25,26)19(6,7)8)21-17(24)27-18(3,4)5/h12-15H,9,11H2,1-8H3,(H,21,24)/t12-,13-,14-,15-/m0/s1. The van der Waals surface area contributed by atoms with E-state index in [1.54, 1.807) is 20.8 Å². The topological polar surface area (TPSA) is 117 Å². The highest BCUT2D eigenvalue weighted by Crippen LogP contribution is 2.30. The van der Waals surface area contributed by atoms with Crippen LogP contribution in [0.5, 0.6) is 0 Å². The third-order valence-corrected chi connectivity index (χ3v) is 7.54. The zero-order valence-corrected chi connectivity index (χ0v) is 18.9. The summed E-state index contributed by atoms with van der Waals surface area (Å²) in [6.07, 6.45) is -0.363. The first kappa shape index (κ1) is 24.2. The van der Waals surface area contributed by atoms with Crippen molar-refractivity contribution in [1.82, 2.24) is 10.2 Å². The van der Waals surface area contributed by atoms with E-state index < -0.39 is 50.0 Å². The van der Waals surface area contributed by atoms with Gasteiger partial charge in [-0.1, -0.05) is 6.92 Å². The number of nitrogens with zero attached hydrogens (tertiary/aromatic N) is 2. The molecule has 0 unspecified atom stereocenters. The van der Waals surface area contributed by atoms with Gasteiger partial charge in [-0.25, -0.2) is 13.2 Å². The number of hydrogen-bond acceptors (Lipinski definition) is 6. The molecule has 4 atom stereocenters. The third kappa shape index (κ3) is 5.84. The quantitative estimate of drug-likeness (QED) is 0.752. The molecule has 1 saturated heterocycles. The summed E-state index contributed by atoms with van der Waals surface area (Å²) in [5.41, 5.74) is -0.800. The Morgan fingerprint density at radius 2 is 1.75 bits per heavy atom. The van der Waals surface area contributed by atoms with Crippen LogP contribution in [0.25, 0.3) is 0 Å². The Kier molecular flexibility index (Phi) is 7.16. The van der Waals surface area contributed by atoms with Crippen LogP contribution in [0.2, 0.25) is 0 Å². The van der Waals surface area contributed by atoms with Crippen molar-refractivity contribution in [2.75, 3.05) is 5.75 Å². The van der Waals surface area contributed by atoms with Crippen molar-refractivity contribution in [2.45, 2.75) is 90.3 Å². The van der Waals surface area contributed by atoms with Crippen LogP contribution in [0.3, 0.4) is 0 Å². The van der Waals surface area contributed by atoms with Crippen molar-refractivity contribution in [1.29, 1.82) is 5.26 Å². The molecule has 0 radical (unpaired) electrons. The molecule has 0 aromatic carbocycles. The first-order chi connectivity index (χ1) is 12.5. The Morgan fingerprint density at radius 3 is 2.18 bits per heavy atom. The number of sulfone groups is 1. The van der Waals surface area contributed by atoms with Crippen LogP contribution < -0.4 is 5.32 Å². The molecule has 1 N–H and O–H groups in total. The molecule has 1 heterocycles. The van der Waals surface area contributed by atoms with Gasteiger partial charge in [0.2, 0.25) is 5.91 Å². The highest BCUT2D eigenvalue weighted by atomic mass is 32.2. The Morgan fingerprint density at radius 1 is 1.21 bits per heavy atom. The van der Waals surface area contributed by atoms with E-state index >= 15 is 0 Å². The van der Waals surface area contributed by atoms with Crippen molar-refractivity contribution in [2.24, 2.45) is 5.92 Å². The van der Waals surface area contributed by atoms with Crippen molar-refractivity contribution in [3.8, 4) is 6.07 Å². The smallest absolute Gasteiger partial charge is 0.408 e. The number of hydrogen-bond donors (Lipinski definition) is 1. The molecular weight excluding hydrogens is 382 g/mol. The van der Waals surface area contributed by atoms with Crippen LogP contribution in [0.4, 0.5) is 4.79 Å². The molecule has 0 aliphatic carbocycles. The molecule has 0 bridgehead atoms. The maximum Gasteiger partial charge on any atom is 0.408 e. The van der Waals surface area contributed by atoms with Gasteiger partial charge in [0, 0.05) is 6.04 Å². The maximum absolute atomic E-state index is 13.2. The molecule has 8 nitrogen and oxygen atoms in total. The number of carbonyl (C=O) groups excluding carboxylic acids is 2. The second kappa shape index (κ2) is 8.27. The molecule has 0 spiro atoms. The summed E-state index contributed by atoms with van der Waals surface area (Å²) in [4.78, 5) is 26.9. The summed E-state index contributed by atoms with van der Waals surface area (Å²) in [5, 5.41) is 11.8. The first-order valence-electron chi connectivity index (χ1n) is 9.44. The second-order valence-electron chi connectivity index (χ2n) is 9.44. The molecule has 1 rings (SSSR count). The second-order valence-corrected chi connectivity index (χ2v) is 12.2. The lowest BCUT2D eigenvalue weighted by molar-refractivity contribution is -0.134. The minimum Gasteiger partial charge on any atom is -0.444 e. The van der Waals surface area contributed by atoms with Gasteiger partial charge in [0.1, 0.15) is 17.7 Å². The highest BCUT2D eigenvalue weighted by Gasteiger charge is 2.44. The number of rotatable bonds is 4. The van der Waals surface area contributed by atoms with Crippen LogP contribution in [0.1, 0.15) is 61.8 Å². The average Bonchev–Trinajstić information content (AvgIpc) is 2.77. The Bertz CT molecular complexity index is 743. The summed E-state index contributed by atoms with van der Waals surface area (Å²) in [6, 6.07) is -0.117. The summed E-state index contributed by atoms with van der Waals surface area (Å²) in [6.45, 7) is 13.4. The molecule has 1 fully saturated rings. The lowest BCUT2D eigenvalue weighted by Gasteiger charge is -2.32. The Hall–Kier alpha value is -1.82. The zero-order chi connectivity index (χ0) is 22.1. The summed E-state index contributed by atoms with van der Waals surface area (Å²) in [5.74, 6) is -1.05. The van der Waals surface area contributed by atoms with E-state index in [0.717, 1.165) is 0 Å². The fourth-order valence-corrected chi connectivity index (χ4v) is 4.13. The van der Waals surface area contributed by atoms with Gasteiger partial charge in [0.25, 0.3) is 0 Å². The van der Waals surface area contributed by atoms with Crippen LogP contribution >= 0.6 is 0 Å². The lowest BCUT2D eigenvalue weighted by atomic mass is 10.0. The van der Waals surface area contributed by atoms with Gasteiger partial charge in [0.05, 0.1) is 16.6 Å². The van der Waals surface area contributed by atoms with E-state index in [2.05, 4.69) is 11.4 Å². The third-order valence-electron chi connectivity index (χ3n) is 4.90. The van der Waals surface area contributed by atoms with Gasteiger partial charge in [-0.15, -0.1) is 0 Å². The summed E-state index contributed by atoms with van der Waals surface area (Å²) >= 11 is 0. The SMILES string of the molecule is C[C@H]1C[C@@H](C#N)N(C(=O)[C@H](CS(=O)(=O)C(C)(C)C)NC(=O)OC(C)(C)C)[C@H]1C. The lowest BCUT2D eigenvalue weighted by Crippen LogP contribution is -2.56. The van der Waals surface area contributed by atoms with Gasteiger partial charge in [-0.2, -0.15) is 5.26 Å². The summed E-state index contributed by atoms with van der Waals surface area (Å²) in [7, 11) is -3.72. The van der Waals surface area contributed by atoms with Gasteiger partial charge in [-0.05, 0) is 60.8 Å². The fourth-order valence-electron chi connectivity index (χ4n) is 2.96. The van der Waals surface area contributed by atoms with Crippen LogP contribution in [-0.4, -0.2) is 59.5 Å². The van der Waals surface area contributed by atoms with Crippen LogP contribution in [-0.2, 0) is 19.4 Å². The van der Waals surface area contributed by atoms with Gasteiger partial charge in [0.15, 0.2) is 9.84 Å². The molecule has 28 heavy (non-hydrogen) atoms. The van der Waals surface area contributed by atoms with E-state index in [4.69, 9.17) is 4.74 Å². The summed E-state index contributed by atoms with van der Waals surface area (Å²) < 4.78 is 29.5. The largest absolute Gasteiger partial charge is 0.444 e. The van der Waals surface area contributed by atoms with Gasteiger partial charge >= 0.3 is 6.09 Å². The maximum atomic E-state index is 13.2. The van der Waals surface area contributed by atoms with E-state index in [-0.39, 0.29) is 12.0 Å². The first-order valence-corrected chi connectivity index (χ1v) is 11.1. The van der Waals surface area contributed by atoms with E-state index in [0.29, 0.717) is 6.42 Å². The number of nitriles is 1. The van der Waals surface area contributed by atoms with Crippen molar-refractivity contribution < 1.29 is 22.7 Å². The average molecular weight is 416 g/mol. The molecule has 0 aromatic rings. The molecule has 0 saturated carbocycles. The predicted octanol–water partition coefficient (Wildman–Crippen LogP) is 2.24. The van der Waals surface area contributed by atoms with E-state index in [1.807, 2.05) is 13.8 Å². The molecule has 9 heteroatoms. The minimum absolute atomic E-state index is 0.0926. The normalized spacial score (nSPS) is 24.4. The van der Waals surface area contributed by atoms with Crippen LogP contribution in [0, 0.1) is 17.2 Å². The fraction of sp³-hybridized carbons (Fsp3) is 0.842. The van der Waals surface area contributed by atoms with Crippen molar-refractivity contribution >= 4 is 21.8 Å². The van der Waals surface area contributed by atoms with Crippen LogP contribution in [0.15, 0.2) is 0 Å². The highest BCUT2D eigenvalue weighted by molar-refractivity contribution is 7.92. The van der Waals surface area contributed by atoms with Crippen molar-refractivity contribution in [3.05, 3.63) is 0 Å². The zero-order valence-electron chi connectivity index (χ0n) is 18.1. The molecular formula is C19H33N3O5S. The number of amides is 2. The Labute approximate surface area is 168 Å². The molecule has 1 aliphatic rings.